The minimum absolute atomic E-state index is 0.221. The molecule has 1 aromatic carbocycles. The van der Waals surface area contributed by atoms with Gasteiger partial charge < -0.3 is 14.9 Å². The van der Waals surface area contributed by atoms with Gasteiger partial charge in [0.25, 0.3) is 0 Å². The van der Waals surface area contributed by atoms with Gasteiger partial charge in [-0.05, 0) is 18.2 Å². The standard InChI is InChI=1S/C11H11N3O2/c15-7-1-2-10-8(5-7)9(14-16-10)6-11-12-3-4-13-11/h1-2,5,15H,3-4,6H2,(H,12,13). The van der Waals surface area contributed by atoms with Gasteiger partial charge in [-0.3, -0.25) is 4.99 Å². The highest BCUT2D eigenvalue weighted by atomic mass is 16.5. The zero-order valence-electron chi connectivity index (χ0n) is 8.60. The molecule has 0 bridgehead atoms. The highest BCUT2D eigenvalue weighted by molar-refractivity contribution is 5.90. The Morgan fingerprint density at radius 3 is 3.19 bits per heavy atom. The van der Waals surface area contributed by atoms with E-state index in [9.17, 15) is 5.11 Å². The number of nitrogens with one attached hydrogen (secondary N) is 1. The second kappa shape index (κ2) is 3.52. The third-order valence-electron chi connectivity index (χ3n) is 2.61. The number of benzene rings is 1. The lowest BCUT2D eigenvalue weighted by Crippen LogP contribution is -2.20. The maximum absolute atomic E-state index is 9.42. The SMILES string of the molecule is Oc1ccc2onc(CC3=NCCN3)c2c1. The van der Waals surface area contributed by atoms with Gasteiger partial charge in [0.1, 0.15) is 11.6 Å². The van der Waals surface area contributed by atoms with Crippen molar-refractivity contribution in [3.63, 3.8) is 0 Å². The van der Waals surface area contributed by atoms with Crippen LogP contribution in [0, 0.1) is 0 Å². The van der Waals surface area contributed by atoms with Gasteiger partial charge in [-0.25, -0.2) is 0 Å². The highest BCUT2D eigenvalue weighted by Crippen LogP contribution is 2.23. The van der Waals surface area contributed by atoms with Crippen LogP contribution in [-0.4, -0.2) is 29.2 Å². The molecule has 16 heavy (non-hydrogen) atoms. The molecule has 0 saturated heterocycles. The van der Waals surface area contributed by atoms with Crippen LogP contribution in [0.1, 0.15) is 5.69 Å². The lowest BCUT2D eigenvalue weighted by Gasteiger charge is -1.98. The van der Waals surface area contributed by atoms with Gasteiger partial charge in [-0.1, -0.05) is 5.16 Å². The molecule has 3 rings (SSSR count). The van der Waals surface area contributed by atoms with Gasteiger partial charge in [0.15, 0.2) is 5.58 Å². The molecule has 5 heteroatoms. The number of phenolic OH excluding ortho intramolecular Hbond substituents is 1. The van der Waals surface area contributed by atoms with Crippen LogP contribution in [0.2, 0.25) is 0 Å². The quantitative estimate of drug-likeness (QED) is 0.789. The predicted molar refractivity (Wildman–Crippen MR) is 59.7 cm³/mol. The van der Waals surface area contributed by atoms with E-state index in [1.807, 2.05) is 0 Å². The van der Waals surface area contributed by atoms with Crippen LogP contribution in [0.3, 0.4) is 0 Å². The maximum atomic E-state index is 9.42. The van der Waals surface area contributed by atoms with Crippen molar-refractivity contribution < 1.29 is 9.63 Å². The van der Waals surface area contributed by atoms with Crippen molar-refractivity contribution in [1.29, 1.82) is 0 Å². The van der Waals surface area contributed by atoms with Crippen molar-refractivity contribution in [2.24, 2.45) is 4.99 Å². The predicted octanol–water partition coefficient (Wildman–Crippen LogP) is 1.08. The van der Waals surface area contributed by atoms with E-state index >= 15 is 0 Å². The zero-order valence-corrected chi connectivity index (χ0v) is 8.60. The van der Waals surface area contributed by atoms with E-state index in [1.54, 1.807) is 18.2 Å². The maximum Gasteiger partial charge on any atom is 0.167 e. The van der Waals surface area contributed by atoms with E-state index in [2.05, 4.69) is 15.5 Å². The number of nitrogens with zero attached hydrogens (tertiary/aromatic N) is 2. The van der Waals surface area contributed by atoms with Crippen molar-refractivity contribution in [2.75, 3.05) is 13.1 Å². The van der Waals surface area contributed by atoms with Crippen molar-refractivity contribution in [2.45, 2.75) is 6.42 Å². The molecular formula is C11H11N3O2. The summed E-state index contributed by atoms with van der Waals surface area (Å²) < 4.78 is 5.17. The second-order valence-electron chi connectivity index (χ2n) is 3.74. The van der Waals surface area contributed by atoms with Crippen molar-refractivity contribution in [3.05, 3.63) is 23.9 Å². The Kier molecular flexibility index (Phi) is 2.02. The summed E-state index contributed by atoms with van der Waals surface area (Å²) in [4.78, 5) is 4.30. The molecule has 0 amide bonds. The fourth-order valence-electron chi connectivity index (χ4n) is 1.83. The van der Waals surface area contributed by atoms with E-state index in [0.29, 0.717) is 12.0 Å². The Morgan fingerprint density at radius 2 is 2.38 bits per heavy atom. The molecule has 0 spiro atoms. The third-order valence-corrected chi connectivity index (χ3v) is 2.61. The monoisotopic (exact) mass is 217 g/mol. The molecule has 0 fully saturated rings. The van der Waals surface area contributed by atoms with Crippen LogP contribution in [-0.2, 0) is 6.42 Å². The first-order valence-electron chi connectivity index (χ1n) is 5.17. The third kappa shape index (κ3) is 1.50. The molecule has 0 saturated carbocycles. The Hall–Kier alpha value is -2.04. The number of hydrogen-bond donors (Lipinski definition) is 2. The normalized spacial score (nSPS) is 15.1. The van der Waals surface area contributed by atoms with E-state index < -0.39 is 0 Å². The molecular weight excluding hydrogens is 206 g/mol. The minimum atomic E-state index is 0.221. The number of fused-ring (bicyclic) bond motifs is 1. The van der Waals surface area contributed by atoms with Crippen LogP contribution in [0.15, 0.2) is 27.7 Å². The molecule has 2 heterocycles. The van der Waals surface area contributed by atoms with Gasteiger partial charge in [-0.15, -0.1) is 0 Å². The second-order valence-corrected chi connectivity index (χ2v) is 3.74. The van der Waals surface area contributed by atoms with Crippen LogP contribution in [0.5, 0.6) is 5.75 Å². The largest absolute Gasteiger partial charge is 0.508 e. The number of aromatic nitrogens is 1. The smallest absolute Gasteiger partial charge is 0.167 e. The summed E-state index contributed by atoms with van der Waals surface area (Å²) in [6.45, 7) is 1.70. The average molecular weight is 217 g/mol. The molecule has 2 N–H and O–H groups in total. The Bertz CT molecular complexity index is 559. The minimum Gasteiger partial charge on any atom is -0.508 e. The lowest BCUT2D eigenvalue weighted by atomic mass is 10.1. The lowest BCUT2D eigenvalue weighted by molar-refractivity contribution is 0.448. The number of amidine groups is 1. The van der Waals surface area contributed by atoms with Crippen molar-refractivity contribution in [3.8, 4) is 5.75 Å². The molecule has 1 aromatic heterocycles. The van der Waals surface area contributed by atoms with E-state index in [0.717, 1.165) is 30.0 Å². The Balaban J connectivity index is 1.99. The summed E-state index contributed by atoms with van der Waals surface area (Å²) in [5, 5.41) is 17.4. The summed E-state index contributed by atoms with van der Waals surface area (Å²) in [7, 11) is 0. The Labute approximate surface area is 91.8 Å². The highest BCUT2D eigenvalue weighted by Gasteiger charge is 2.13. The van der Waals surface area contributed by atoms with Crippen LogP contribution >= 0.6 is 0 Å². The number of aliphatic imine (C=N–C) groups is 1. The van der Waals surface area contributed by atoms with E-state index in [1.165, 1.54) is 0 Å². The zero-order chi connectivity index (χ0) is 11.0. The molecule has 1 aliphatic rings. The first-order chi connectivity index (χ1) is 7.83. The summed E-state index contributed by atoms with van der Waals surface area (Å²) in [5.41, 5.74) is 1.49. The van der Waals surface area contributed by atoms with Gasteiger partial charge in [-0.2, -0.15) is 0 Å². The van der Waals surface area contributed by atoms with E-state index in [-0.39, 0.29) is 5.75 Å². The first kappa shape index (κ1) is 9.21. The number of rotatable bonds is 2. The molecule has 82 valence electrons. The molecule has 1 aliphatic heterocycles. The summed E-state index contributed by atoms with van der Waals surface area (Å²) in [5.74, 6) is 1.15. The summed E-state index contributed by atoms with van der Waals surface area (Å²) in [6.07, 6.45) is 0.621. The van der Waals surface area contributed by atoms with Crippen LogP contribution in [0.4, 0.5) is 0 Å². The molecule has 0 unspecified atom stereocenters. The van der Waals surface area contributed by atoms with Gasteiger partial charge >= 0.3 is 0 Å². The van der Waals surface area contributed by atoms with Crippen molar-refractivity contribution in [1.82, 2.24) is 10.5 Å². The number of phenols is 1. The number of hydrogen-bond acceptors (Lipinski definition) is 5. The van der Waals surface area contributed by atoms with Gasteiger partial charge in [0.2, 0.25) is 0 Å². The topological polar surface area (TPSA) is 70.7 Å². The van der Waals surface area contributed by atoms with Crippen LogP contribution < -0.4 is 5.32 Å². The first-order valence-corrected chi connectivity index (χ1v) is 5.17. The Morgan fingerprint density at radius 1 is 1.44 bits per heavy atom. The fourth-order valence-corrected chi connectivity index (χ4v) is 1.83. The summed E-state index contributed by atoms with van der Waals surface area (Å²) in [6, 6.07) is 4.96. The average Bonchev–Trinajstić information content (AvgIpc) is 2.90. The van der Waals surface area contributed by atoms with Gasteiger partial charge in [0, 0.05) is 11.9 Å². The van der Waals surface area contributed by atoms with Crippen LogP contribution in [0.25, 0.3) is 11.0 Å². The molecule has 5 nitrogen and oxygen atoms in total. The molecule has 0 radical (unpaired) electrons. The molecule has 2 aromatic rings. The van der Waals surface area contributed by atoms with Gasteiger partial charge in [0.05, 0.1) is 18.7 Å². The number of aromatic hydroxyl groups is 1. The summed E-state index contributed by atoms with van der Waals surface area (Å²) >= 11 is 0. The van der Waals surface area contributed by atoms with Crippen molar-refractivity contribution >= 4 is 16.8 Å². The fraction of sp³-hybridized carbons (Fsp3) is 0.273. The molecule has 0 aliphatic carbocycles. The van der Waals surface area contributed by atoms with E-state index in [4.69, 9.17) is 4.52 Å². The molecule has 0 atom stereocenters.